The van der Waals surface area contributed by atoms with Gasteiger partial charge in [0.05, 0.1) is 12.2 Å². The number of hydrogen-bond acceptors (Lipinski definition) is 3. The summed E-state index contributed by atoms with van der Waals surface area (Å²) in [6, 6.07) is 1.87. The molecule has 1 aliphatic rings. The number of likely N-dealkylation sites (N-methyl/N-ethyl adjacent to an activating group) is 1. The van der Waals surface area contributed by atoms with Gasteiger partial charge in [-0.05, 0) is 22.0 Å². The van der Waals surface area contributed by atoms with Crippen LogP contribution in [0.5, 0.6) is 0 Å². The van der Waals surface area contributed by atoms with Gasteiger partial charge in [-0.1, -0.05) is 0 Å². The molecule has 2 rings (SSSR count). The van der Waals surface area contributed by atoms with Crippen LogP contribution in [0.3, 0.4) is 0 Å². The number of hydrogen-bond donors (Lipinski definition) is 1. The maximum absolute atomic E-state index is 11.3. The van der Waals surface area contributed by atoms with Crippen molar-refractivity contribution in [2.75, 3.05) is 23.8 Å². The fraction of sp³-hybridized carbons (Fsp3) is 0.250. The van der Waals surface area contributed by atoms with Gasteiger partial charge in [0.2, 0.25) is 5.91 Å². The van der Waals surface area contributed by atoms with Gasteiger partial charge in [-0.25, -0.2) is 4.98 Å². The number of amides is 1. The van der Waals surface area contributed by atoms with Crippen LogP contribution >= 0.6 is 15.9 Å². The van der Waals surface area contributed by atoms with E-state index in [1.807, 2.05) is 6.07 Å². The largest absolute Gasteiger partial charge is 0.359 e. The number of nitrogens with zero attached hydrogens (tertiary/aromatic N) is 2. The summed E-state index contributed by atoms with van der Waals surface area (Å²) in [5.41, 5.74) is 0.811. The lowest BCUT2D eigenvalue weighted by atomic mass is 10.3. The smallest absolute Gasteiger partial charge is 0.246 e. The first-order valence-corrected chi connectivity index (χ1v) is 4.64. The molecule has 1 amide bonds. The summed E-state index contributed by atoms with van der Waals surface area (Å²) in [6.45, 7) is 0.318. The summed E-state index contributed by atoms with van der Waals surface area (Å²) < 4.78 is 0.870. The number of carbonyl (C=O) groups is 1. The van der Waals surface area contributed by atoms with Gasteiger partial charge in [0.15, 0.2) is 5.82 Å². The summed E-state index contributed by atoms with van der Waals surface area (Å²) in [4.78, 5) is 17.0. The van der Waals surface area contributed by atoms with E-state index in [0.29, 0.717) is 6.54 Å². The lowest BCUT2D eigenvalue weighted by molar-refractivity contribution is -0.116. The minimum Gasteiger partial charge on any atom is -0.359 e. The van der Waals surface area contributed by atoms with E-state index < -0.39 is 0 Å². The fourth-order valence-corrected chi connectivity index (χ4v) is 1.55. The molecule has 5 heteroatoms. The molecule has 13 heavy (non-hydrogen) atoms. The lowest BCUT2D eigenvalue weighted by Crippen LogP contribution is -2.37. The van der Waals surface area contributed by atoms with E-state index in [4.69, 9.17) is 0 Å². The zero-order chi connectivity index (χ0) is 9.42. The molecule has 0 unspecified atom stereocenters. The zero-order valence-electron chi connectivity index (χ0n) is 7.04. The topological polar surface area (TPSA) is 45.2 Å². The molecule has 2 heterocycles. The van der Waals surface area contributed by atoms with Crippen LogP contribution in [0.25, 0.3) is 0 Å². The molecule has 0 saturated carbocycles. The van der Waals surface area contributed by atoms with E-state index in [2.05, 4.69) is 26.2 Å². The van der Waals surface area contributed by atoms with E-state index >= 15 is 0 Å². The van der Waals surface area contributed by atoms with Gasteiger partial charge in [-0.3, -0.25) is 4.79 Å². The number of aromatic nitrogens is 1. The van der Waals surface area contributed by atoms with E-state index in [-0.39, 0.29) is 5.91 Å². The quantitative estimate of drug-likeness (QED) is 0.744. The van der Waals surface area contributed by atoms with Gasteiger partial charge in [0, 0.05) is 17.7 Å². The van der Waals surface area contributed by atoms with Crippen molar-refractivity contribution >= 4 is 33.3 Å². The molecule has 0 radical (unpaired) electrons. The van der Waals surface area contributed by atoms with E-state index in [9.17, 15) is 4.79 Å². The lowest BCUT2D eigenvalue weighted by Gasteiger charge is -2.25. The number of anilines is 2. The van der Waals surface area contributed by atoms with Crippen molar-refractivity contribution < 1.29 is 4.79 Å². The van der Waals surface area contributed by atoms with E-state index in [1.165, 1.54) is 0 Å². The van der Waals surface area contributed by atoms with E-state index in [1.54, 1.807) is 18.1 Å². The second-order valence-corrected chi connectivity index (χ2v) is 3.74. The molecule has 0 spiro atoms. The molecule has 0 aliphatic carbocycles. The highest BCUT2D eigenvalue weighted by molar-refractivity contribution is 9.10. The number of halogens is 1. The molecule has 1 aliphatic heterocycles. The Balaban J connectivity index is 2.51. The molecule has 0 bridgehead atoms. The van der Waals surface area contributed by atoms with Crippen molar-refractivity contribution in [2.24, 2.45) is 0 Å². The van der Waals surface area contributed by atoms with Gasteiger partial charge in [-0.2, -0.15) is 0 Å². The van der Waals surface area contributed by atoms with Gasteiger partial charge in [-0.15, -0.1) is 0 Å². The summed E-state index contributed by atoms with van der Waals surface area (Å²) in [5, 5.41) is 2.95. The van der Waals surface area contributed by atoms with Crippen LogP contribution in [0.2, 0.25) is 0 Å². The summed E-state index contributed by atoms with van der Waals surface area (Å²) in [7, 11) is 1.75. The molecule has 0 aromatic carbocycles. The highest BCUT2D eigenvalue weighted by Crippen LogP contribution is 2.28. The zero-order valence-corrected chi connectivity index (χ0v) is 8.63. The average Bonchev–Trinajstić information content (AvgIpc) is 2.12. The van der Waals surface area contributed by atoms with Crippen LogP contribution in [-0.2, 0) is 4.79 Å². The van der Waals surface area contributed by atoms with Crippen molar-refractivity contribution in [1.29, 1.82) is 0 Å². The third kappa shape index (κ3) is 1.39. The van der Waals surface area contributed by atoms with Gasteiger partial charge in [0.1, 0.15) is 0 Å². The van der Waals surface area contributed by atoms with Crippen LogP contribution < -0.4 is 10.2 Å². The molecule has 1 aromatic rings. The van der Waals surface area contributed by atoms with Crippen molar-refractivity contribution in [2.45, 2.75) is 0 Å². The molecule has 0 saturated heterocycles. The SMILES string of the molecule is CN1C(=O)CNc2ncc(Br)cc21. The highest BCUT2D eigenvalue weighted by Gasteiger charge is 2.21. The first kappa shape index (κ1) is 8.50. The Morgan fingerprint density at radius 1 is 1.69 bits per heavy atom. The van der Waals surface area contributed by atoms with Crippen molar-refractivity contribution in [3.8, 4) is 0 Å². The monoisotopic (exact) mass is 241 g/mol. The molecular weight excluding hydrogens is 234 g/mol. The van der Waals surface area contributed by atoms with Crippen molar-refractivity contribution in [1.82, 2.24) is 4.98 Å². The molecular formula is C8H8BrN3O. The molecule has 0 atom stereocenters. The third-order valence-corrected chi connectivity index (χ3v) is 2.41. The molecule has 1 aromatic heterocycles. The van der Waals surface area contributed by atoms with Crippen LogP contribution in [0, 0.1) is 0 Å². The van der Waals surface area contributed by atoms with Gasteiger partial charge < -0.3 is 10.2 Å². The van der Waals surface area contributed by atoms with Crippen molar-refractivity contribution in [3.63, 3.8) is 0 Å². The second kappa shape index (κ2) is 2.99. The summed E-state index contributed by atoms with van der Waals surface area (Å²) in [6.07, 6.45) is 1.70. The molecule has 68 valence electrons. The predicted octanol–water partition coefficient (Wildman–Crippen LogP) is 1.23. The standard InChI is InChI=1S/C8H8BrN3O/c1-12-6-2-5(9)3-10-8(6)11-4-7(12)13/h2-3H,4H2,1H3,(H,10,11). The number of rotatable bonds is 0. The Hall–Kier alpha value is -1.10. The van der Waals surface area contributed by atoms with Gasteiger partial charge >= 0.3 is 0 Å². The Morgan fingerprint density at radius 2 is 2.46 bits per heavy atom. The highest BCUT2D eigenvalue weighted by atomic mass is 79.9. The van der Waals surface area contributed by atoms with Crippen molar-refractivity contribution in [3.05, 3.63) is 16.7 Å². The first-order chi connectivity index (χ1) is 6.18. The van der Waals surface area contributed by atoms with Crippen LogP contribution in [0.15, 0.2) is 16.7 Å². The second-order valence-electron chi connectivity index (χ2n) is 2.83. The minimum absolute atomic E-state index is 0.0485. The summed E-state index contributed by atoms with van der Waals surface area (Å²) in [5.74, 6) is 0.803. The summed E-state index contributed by atoms with van der Waals surface area (Å²) >= 11 is 3.31. The Morgan fingerprint density at radius 3 is 3.23 bits per heavy atom. The predicted molar refractivity (Wildman–Crippen MR) is 53.8 cm³/mol. The first-order valence-electron chi connectivity index (χ1n) is 3.84. The van der Waals surface area contributed by atoms with Crippen LogP contribution in [0.1, 0.15) is 0 Å². The Kier molecular flexibility index (Phi) is 1.95. The van der Waals surface area contributed by atoms with E-state index in [0.717, 1.165) is 16.0 Å². The van der Waals surface area contributed by atoms with Gasteiger partial charge in [0.25, 0.3) is 0 Å². The number of pyridine rings is 1. The Bertz CT molecular complexity index is 366. The normalized spacial score (nSPS) is 15.2. The Labute approximate surface area is 84.1 Å². The number of carbonyl (C=O) groups excluding carboxylic acids is 1. The number of fused-ring (bicyclic) bond motifs is 1. The maximum Gasteiger partial charge on any atom is 0.246 e. The van der Waals surface area contributed by atoms with Crippen LogP contribution in [-0.4, -0.2) is 24.5 Å². The maximum atomic E-state index is 11.3. The third-order valence-electron chi connectivity index (χ3n) is 1.98. The fourth-order valence-electron chi connectivity index (χ4n) is 1.23. The minimum atomic E-state index is 0.0485. The average molecular weight is 242 g/mol. The van der Waals surface area contributed by atoms with Crippen LogP contribution in [0.4, 0.5) is 11.5 Å². The molecule has 0 fully saturated rings. The molecule has 4 nitrogen and oxygen atoms in total. The number of nitrogens with one attached hydrogen (secondary N) is 1. The molecule has 1 N–H and O–H groups in total.